The normalized spacial score (nSPS) is 11.0. The van der Waals surface area contributed by atoms with Crippen molar-refractivity contribution in [2.24, 2.45) is 0 Å². The molecule has 0 aliphatic rings. The Bertz CT molecular complexity index is 509. The third-order valence-corrected chi connectivity index (χ3v) is 3.17. The molecule has 0 aliphatic heterocycles. The molecular weight excluding hydrogens is 288 g/mol. The van der Waals surface area contributed by atoms with Gasteiger partial charge in [-0.25, -0.2) is 5.43 Å². The van der Waals surface area contributed by atoms with E-state index in [1.165, 1.54) is 0 Å². The lowest BCUT2D eigenvalue weighted by molar-refractivity contribution is 0.614. The summed E-state index contributed by atoms with van der Waals surface area (Å²) in [5.74, 6) is 1.05. The van der Waals surface area contributed by atoms with Crippen LogP contribution in [0.1, 0.15) is 31.7 Å². The fourth-order valence-corrected chi connectivity index (χ4v) is 1.90. The van der Waals surface area contributed by atoms with Gasteiger partial charge >= 0.3 is 0 Å². The van der Waals surface area contributed by atoms with Crippen LogP contribution in [0.3, 0.4) is 0 Å². The number of hydrogen-bond donors (Lipinski definition) is 5. The van der Waals surface area contributed by atoms with Gasteiger partial charge in [-0.1, -0.05) is 31.6 Å². The van der Waals surface area contributed by atoms with Gasteiger partial charge < -0.3 is 16.1 Å². The lowest BCUT2D eigenvalue weighted by Crippen LogP contribution is -2.36. The van der Waals surface area contributed by atoms with Crippen LogP contribution in [0, 0.1) is 5.41 Å². The van der Waals surface area contributed by atoms with Crippen LogP contribution in [0.2, 0.25) is 0 Å². The first kappa shape index (κ1) is 18.7. The minimum atomic E-state index is 0.332. The monoisotopic (exact) mass is 316 g/mol. The van der Waals surface area contributed by atoms with E-state index >= 15 is 0 Å². The number of nitrogens with zero attached hydrogens (tertiary/aromatic N) is 1. The van der Waals surface area contributed by atoms with Gasteiger partial charge in [-0.2, -0.15) is 0 Å². The lowest BCUT2D eigenvalue weighted by Gasteiger charge is -2.14. The molecule has 0 aromatic carbocycles. The van der Waals surface area contributed by atoms with E-state index in [1.807, 2.05) is 18.3 Å². The number of pyridine rings is 1. The molecule has 0 saturated heterocycles. The van der Waals surface area contributed by atoms with Crippen LogP contribution in [0.25, 0.3) is 0 Å². The first-order valence-corrected chi connectivity index (χ1v) is 7.92. The Labute approximate surface area is 139 Å². The van der Waals surface area contributed by atoms with Gasteiger partial charge in [0, 0.05) is 38.6 Å². The number of aromatic nitrogens is 1. The molecule has 0 fully saturated rings. The molecule has 0 saturated carbocycles. The van der Waals surface area contributed by atoms with Crippen LogP contribution in [-0.4, -0.2) is 24.4 Å². The van der Waals surface area contributed by atoms with Crippen LogP contribution in [-0.2, 0) is 6.54 Å². The average Bonchev–Trinajstić information content (AvgIpc) is 2.57. The highest BCUT2D eigenvalue weighted by Gasteiger charge is 2.00. The van der Waals surface area contributed by atoms with E-state index in [2.05, 4.69) is 40.0 Å². The van der Waals surface area contributed by atoms with Crippen LogP contribution in [0.5, 0.6) is 0 Å². The molecule has 0 radical (unpaired) electrons. The predicted octanol–water partition coefficient (Wildman–Crippen LogP) is 2.05. The maximum atomic E-state index is 8.00. The van der Waals surface area contributed by atoms with E-state index in [9.17, 15) is 0 Å². The zero-order chi connectivity index (χ0) is 16.9. The Morgan fingerprint density at radius 2 is 2.22 bits per heavy atom. The quantitative estimate of drug-likeness (QED) is 0.187. The first-order chi connectivity index (χ1) is 11.2. The molecule has 1 aromatic rings. The Kier molecular flexibility index (Phi) is 9.16. The van der Waals surface area contributed by atoms with Crippen molar-refractivity contribution < 1.29 is 0 Å². The van der Waals surface area contributed by atoms with Crippen molar-refractivity contribution in [3.63, 3.8) is 0 Å². The summed E-state index contributed by atoms with van der Waals surface area (Å²) in [5.41, 5.74) is 8.04. The summed E-state index contributed by atoms with van der Waals surface area (Å²) < 4.78 is 0. The Morgan fingerprint density at radius 3 is 2.87 bits per heavy atom. The Balaban J connectivity index is 2.46. The van der Waals surface area contributed by atoms with Crippen molar-refractivity contribution >= 4 is 5.84 Å². The van der Waals surface area contributed by atoms with Gasteiger partial charge in [0.1, 0.15) is 11.7 Å². The molecule has 1 rings (SSSR count). The largest absolute Gasteiger partial charge is 0.367 e. The highest BCUT2D eigenvalue weighted by molar-refractivity contribution is 5.90. The highest BCUT2D eigenvalue weighted by atomic mass is 15.4. The summed E-state index contributed by atoms with van der Waals surface area (Å²) in [6.07, 6.45) is 8.57. The van der Waals surface area contributed by atoms with Crippen molar-refractivity contribution in [3.8, 4) is 0 Å². The SMILES string of the molecule is C=C(CCCC)CNC(=N)/C=C(/NCc1cccnc1)NNC. The second kappa shape index (κ2) is 11.3. The van der Waals surface area contributed by atoms with E-state index in [4.69, 9.17) is 5.41 Å². The number of hydrazine groups is 1. The van der Waals surface area contributed by atoms with Gasteiger partial charge in [-0.05, 0) is 24.5 Å². The van der Waals surface area contributed by atoms with E-state index in [0.717, 1.165) is 30.4 Å². The average molecular weight is 316 g/mol. The summed E-state index contributed by atoms with van der Waals surface area (Å²) in [4.78, 5) is 4.08. The summed E-state index contributed by atoms with van der Waals surface area (Å²) in [5, 5.41) is 14.3. The topological polar surface area (TPSA) is 84.9 Å². The Hall–Kier alpha value is -2.34. The summed E-state index contributed by atoms with van der Waals surface area (Å²) >= 11 is 0. The molecule has 0 aliphatic carbocycles. The van der Waals surface area contributed by atoms with Gasteiger partial charge in [-0.15, -0.1) is 0 Å². The van der Waals surface area contributed by atoms with Crippen molar-refractivity contribution in [1.29, 1.82) is 5.41 Å². The molecule has 5 N–H and O–H groups in total. The summed E-state index contributed by atoms with van der Waals surface area (Å²) in [6.45, 7) is 7.45. The van der Waals surface area contributed by atoms with E-state index in [0.29, 0.717) is 24.7 Å². The minimum Gasteiger partial charge on any atom is -0.367 e. The van der Waals surface area contributed by atoms with Crippen LogP contribution >= 0.6 is 0 Å². The molecule has 6 heteroatoms. The van der Waals surface area contributed by atoms with Crippen LogP contribution in [0.4, 0.5) is 0 Å². The molecule has 0 atom stereocenters. The number of unbranched alkanes of at least 4 members (excludes halogenated alkanes) is 1. The third-order valence-electron chi connectivity index (χ3n) is 3.17. The van der Waals surface area contributed by atoms with Gasteiger partial charge in [0.15, 0.2) is 0 Å². The van der Waals surface area contributed by atoms with Gasteiger partial charge in [0.2, 0.25) is 0 Å². The van der Waals surface area contributed by atoms with Crippen LogP contribution in [0.15, 0.2) is 48.6 Å². The molecule has 1 aromatic heterocycles. The molecule has 126 valence electrons. The zero-order valence-electron chi connectivity index (χ0n) is 14.1. The molecule has 23 heavy (non-hydrogen) atoms. The number of nitrogens with one attached hydrogen (secondary N) is 5. The fraction of sp³-hybridized carbons (Fsp3) is 0.412. The molecular formula is C17H28N6. The molecule has 1 heterocycles. The van der Waals surface area contributed by atoms with Crippen molar-refractivity contribution in [3.05, 3.63) is 54.1 Å². The van der Waals surface area contributed by atoms with E-state index in [-0.39, 0.29) is 0 Å². The third kappa shape index (κ3) is 8.63. The maximum Gasteiger partial charge on any atom is 0.121 e. The number of rotatable bonds is 11. The van der Waals surface area contributed by atoms with Crippen molar-refractivity contribution in [2.45, 2.75) is 32.7 Å². The standard InChI is InChI=1S/C17H28N6/c1-4-5-7-14(2)11-21-16(18)10-17(23-19-3)22-13-15-8-6-9-20-12-15/h6,8-10,12,19,22-23H,2,4-5,7,11,13H2,1,3H3,(H2,18,21)/b17-10-. The number of amidine groups is 1. The van der Waals surface area contributed by atoms with Gasteiger partial charge in [0.05, 0.1) is 0 Å². The second-order valence-corrected chi connectivity index (χ2v) is 5.27. The Morgan fingerprint density at radius 1 is 1.39 bits per heavy atom. The lowest BCUT2D eigenvalue weighted by atomic mass is 10.1. The van der Waals surface area contributed by atoms with Crippen molar-refractivity contribution in [1.82, 2.24) is 26.5 Å². The van der Waals surface area contributed by atoms with Gasteiger partial charge in [0.25, 0.3) is 0 Å². The highest BCUT2D eigenvalue weighted by Crippen LogP contribution is 2.03. The molecule has 0 amide bonds. The van der Waals surface area contributed by atoms with Crippen molar-refractivity contribution in [2.75, 3.05) is 13.6 Å². The van der Waals surface area contributed by atoms with E-state index < -0.39 is 0 Å². The minimum absolute atomic E-state index is 0.332. The summed E-state index contributed by atoms with van der Waals surface area (Å²) in [7, 11) is 1.78. The predicted molar refractivity (Wildman–Crippen MR) is 95.7 cm³/mol. The van der Waals surface area contributed by atoms with Crippen LogP contribution < -0.4 is 21.5 Å². The number of hydrogen-bond acceptors (Lipinski definition) is 5. The molecule has 0 unspecified atom stereocenters. The molecule has 6 nitrogen and oxygen atoms in total. The zero-order valence-corrected chi connectivity index (χ0v) is 14.1. The van der Waals surface area contributed by atoms with Gasteiger partial charge in [-0.3, -0.25) is 10.4 Å². The van der Waals surface area contributed by atoms with E-state index in [1.54, 1.807) is 19.3 Å². The fourth-order valence-electron chi connectivity index (χ4n) is 1.90. The molecule has 0 bridgehead atoms. The molecule has 0 spiro atoms. The smallest absolute Gasteiger partial charge is 0.121 e. The maximum absolute atomic E-state index is 8.00. The first-order valence-electron chi connectivity index (χ1n) is 7.92. The second-order valence-electron chi connectivity index (χ2n) is 5.27. The summed E-state index contributed by atoms with van der Waals surface area (Å²) in [6, 6.07) is 3.90.